The first kappa shape index (κ1) is 7.98. The zero-order valence-corrected chi connectivity index (χ0v) is 7.03. The summed E-state index contributed by atoms with van der Waals surface area (Å²) in [6.07, 6.45) is 1.65. The minimum Gasteiger partial charge on any atom is -0.293 e. The third-order valence-electron chi connectivity index (χ3n) is 1.52. The maximum Gasteiger partial charge on any atom is 0.177 e. The van der Waals surface area contributed by atoms with E-state index >= 15 is 0 Å². The normalized spacial score (nSPS) is 10.5. The van der Waals surface area contributed by atoms with Gasteiger partial charge < -0.3 is 0 Å². The number of aromatic nitrogens is 2. The Kier molecular flexibility index (Phi) is 2.08. The number of ketones is 1. The lowest BCUT2D eigenvalue weighted by molar-refractivity contribution is 0.100. The van der Waals surface area contributed by atoms with E-state index in [1.165, 1.54) is 0 Å². The zero-order valence-electron chi connectivity index (χ0n) is 7.03. The third kappa shape index (κ3) is 1.48. The first-order valence-corrected chi connectivity index (χ1v) is 3.67. The van der Waals surface area contributed by atoms with Gasteiger partial charge in [-0.1, -0.05) is 0 Å². The lowest BCUT2D eigenvalue weighted by atomic mass is 10.3. The van der Waals surface area contributed by atoms with Crippen molar-refractivity contribution in [1.82, 2.24) is 9.78 Å². The highest BCUT2D eigenvalue weighted by atomic mass is 16.1. The Balaban J connectivity index is 3.06. The van der Waals surface area contributed by atoms with Crippen molar-refractivity contribution in [2.45, 2.75) is 26.8 Å². The van der Waals surface area contributed by atoms with Gasteiger partial charge in [-0.2, -0.15) is 5.10 Å². The van der Waals surface area contributed by atoms with Crippen LogP contribution >= 0.6 is 0 Å². The summed E-state index contributed by atoms with van der Waals surface area (Å²) in [6, 6.07) is 1.99. The van der Waals surface area contributed by atoms with E-state index in [4.69, 9.17) is 0 Å². The predicted molar refractivity (Wildman–Crippen MR) is 42.6 cm³/mol. The highest BCUT2D eigenvalue weighted by molar-refractivity contribution is 5.92. The minimum absolute atomic E-state index is 0.0659. The minimum atomic E-state index is 0.0659. The Hall–Kier alpha value is -1.12. The number of hydrogen-bond donors (Lipinski definition) is 0. The molecule has 0 atom stereocenters. The molecule has 0 bridgehead atoms. The molecule has 3 heteroatoms. The summed E-state index contributed by atoms with van der Waals surface area (Å²) in [4.78, 5) is 11.0. The van der Waals surface area contributed by atoms with E-state index in [9.17, 15) is 4.79 Å². The molecule has 11 heavy (non-hydrogen) atoms. The van der Waals surface area contributed by atoms with Crippen molar-refractivity contribution in [2.75, 3.05) is 0 Å². The Bertz CT molecular complexity index is 263. The van der Waals surface area contributed by atoms with Crippen LogP contribution in [0.2, 0.25) is 0 Å². The Morgan fingerprint density at radius 2 is 2.27 bits per heavy atom. The van der Waals surface area contributed by atoms with Gasteiger partial charge in [0.15, 0.2) is 5.78 Å². The molecule has 0 saturated heterocycles. The highest BCUT2D eigenvalue weighted by Gasteiger charge is 2.08. The van der Waals surface area contributed by atoms with Crippen LogP contribution in [0.5, 0.6) is 0 Å². The number of carbonyl (C=O) groups excluding carboxylic acids is 1. The Morgan fingerprint density at radius 3 is 2.64 bits per heavy atom. The standard InChI is InChI=1S/C8H12N2O/c1-6(2)10-8(7(3)11)4-5-9-10/h4-6H,1-3H3. The lowest BCUT2D eigenvalue weighted by Crippen LogP contribution is -2.10. The quantitative estimate of drug-likeness (QED) is 0.604. The zero-order chi connectivity index (χ0) is 8.43. The number of hydrogen-bond acceptors (Lipinski definition) is 2. The van der Waals surface area contributed by atoms with Crippen LogP contribution in [0.4, 0.5) is 0 Å². The number of carbonyl (C=O) groups is 1. The molecule has 0 aliphatic heterocycles. The molecule has 0 aliphatic rings. The fourth-order valence-corrected chi connectivity index (χ4v) is 1.00. The molecule has 0 amide bonds. The number of Topliss-reactive ketones (excluding diaryl/α,β-unsaturated/α-hetero) is 1. The fraction of sp³-hybridized carbons (Fsp3) is 0.500. The second-order valence-corrected chi connectivity index (χ2v) is 2.81. The monoisotopic (exact) mass is 152 g/mol. The van der Waals surface area contributed by atoms with Gasteiger partial charge in [-0.05, 0) is 19.9 Å². The molecule has 0 N–H and O–H groups in total. The molecule has 3 nitrogen and oxygen atoms in total. The summed E-state index contributed by atoms with van der Waals surface area (Å²) in [7, 11) is 0. The largest absolute Gasteiger partial charge is 0.293 e. The molecule has 0 aliphatic carbocycles. The molecule has 60 valence electrons. The van der Waals surface area contributed by atoms with E-state index < -0.39 is 0 Å². The molecule has 1 rings (SSSR count). The molecule has 1 aromatic rings. The van der Waals surface area contributed by atoms with Crippen molar-refractivity contribution >= 4 is 5.78 Å². The Labute approximate surface area is 66.0 Å². The van der Waals surface area contributed by atoms with E-state index in [0.717, 1.165) is 0 Å². The van der Waals surface area contributed by atoms with Crippen LogP contribution in [0, 0.1) is 0 Å². The van der Waals surface area contributed by atoms with Gasteiger partial charge in [0.05, 0.1) is 0 Å². The van der Waals surface area contributed by atoms with Crippen LogP contribution in [0.1, 0.15) is 37.3 Å². The van der Waals surface area contributed by atoms with Gasteiger partial charge in [-0.3, -0.25) is 9.48 Å². The molecule has 0 unspecified atom stereocenters. The second-order valence-electron chi connectivity index (χ2n) is 2.81. The highest BCUT2D eigenvalue weighted by Crippen LogP contribution is 2.07. The second kappa shape index (κ2) is 2.86. The van der Waals surface area contributed by atoms with Gasteiger partial charge in [-0.15, -0.1) is 0 Å². The van der Waals surface area contributed by atoms with Crippen LogP contribution in [-0.4, -0.2) is 15.6 Å². The van der Waals surface area contributed by atoms with Gasteiger partial charge in [0.1, 0.15) is 5.69 Å². The Morgan fingerprint density at radius 1 is 1.64 bits per heavy atom. The number of nitrogens with zero attached hydrogens (tertiary/aromatic N) is 2. The molecular weight excluding hydrogens is 140 g/mol. The van der Waals surface area contributed by atoms with Crippen molar-refractivity contribution in [3.8, 4) is 0 Å². The lowest BCUT2D eigenvalue weighted by Gasteiger charge is -2.07. The molecular formula is C8H12N2O. The van der Waals surface area contributed by atoms with Gasteiger partial charge in [0, 0.05) is 19.2 Å². The third-order valence-corrected chi connectivity index (χ3v) is 1.52. The average Bonchev–Trinajstić information content (AvgIpc) is 2.32. The van der Waals surface area contributed by atoms with Crippen LogP contribution < -0.4 is 0 Å². The van der Waals surface area contributed by atoms with E-state index in [1.54, 1.807) is 23.9 Å². The van der Waals surface area contributed by atoms with Crippen LogP contribution in [0.25, 0.3) is 0 Å². The maximum atomic E-state index is 11.0. The van der Waals surface area contributed by atoms with Gasteiger partial charge in [0.25, 0.3) is 0 Å². The summed E-state index contributed by atoms with van der Waals surface area (Å²) >= 11 is 0. The predicted octanol–water partition coefficient (Wildman–Crippen LogP) is 1.67. The fourth-order valence-electron chi connectivity index (χ4n) is 1.00. The smallest absolute Gasteiger partial charge is 0.177 e. The van der Waals surface area contributed by atoms with Crippen LogP contribution in [0.15, 0.2) is 12.3 Å². The molecule has 0 saturated carbocycles. The van der Waals surface area contributed by atoms with Crippen LogP contribution in [-0.2, 0) is 0 Å². The molecule has 1 heterocycles. The van der Waals surface area contributed by atoms with Crippen LogP contribution in [0.3, 0.4) is 0 Å². The maximum absolute atomic E-state index is 11.0. The summed E-state index contributed by atoms with van der Waals surface area (Å²) < 4.78 is 1.72. The van der Waals surface area contributed by atoms with Crippen molar-refractivity contribution in [2.24, 2.45) is 0 Å². The summed E-state index contributed by atoms with van der Waals surface area (Å²) in [5.74, 6) is 0.0659. The summed E-state index contributed by atoms with van der Waals surface area (Å²) in [5.41, 5.74) is 0.681. The van der Waals surface area contributed by atoms with E-state index in [1.807, 2.05) is 13.8 Å². The first-order chi connectivity index (χ1) is 5.13. The molecule has 0 radical (unpaired) electrons. The van der Waals surface area contributed by atoms with Crippen molar-refractivity contribution in [3.63, 3.8) is 0 Å². The summed E-state index contributed by atoms with van der Waals surface area (Å²) in [6.45, 7) is 5.55. The van der Waals surface area contributed by atoms with E-state index in [2.05, 4.69) is 5.10 Å². The molecule has 0 aromatic carbocycles. The SMILES string of the molecule is CC(=O)c1ccnn1C(C)C. The van der Waals surface area contributed by atoms with E-state index in [-0.39, 0.29) is 11.8 Å². The topological polar surface area (TPSA) is 34.9 Å². The van der Waals surface area contributed by atoms with Crippen molar-refractivity contribution in [1.29, 1.82) is 0 Å². The van der Waals surface area contributed by atoms with Gasteiger partial charge in [0.2, 0.25) is 0 Å². The summed E-state index contributed by atoms with van der Waals surface area (Å²) in [5, 5.41) is 4.03. The van der Waals surface area contributed by atoms with Crippen molar-refractivity contribution in [3.05, 3.63) is 18.0 Å². The van der Waals surface area contributed by atoms with Crippen molar-refractivity contribution < 1.29 is 4.79 Å². The molecule has 0 fully saturated rings. The van der Waals surface area contributed by atoms with E-state index in [0.29, 0.717) is 5.69 Å². The molecule has 1 aromatic heterocycles. The average molecular weight is 152 g/mol. The number of rotatable bonds is 2. The van der Waals surface area contributed by atoms with Gasteiger partial charge >= 0.3 is 0 Å². The molecule has 0 spiro atoms. The van der Waals surface area contributed by atoms with Gasteiger partial charge in [-0.25, -0.2) is 0 Å². The first-order valence-electron chi connectivity index (χ1n) is 3.67.